The van der Waals surface area contributed by atoms with E-state index in [1.165, 1.54) is 5.57 Å². The Bertz CT molecular complexity index is 1960. The van der Waals surface area contributed by atoms with E-state index >= 15 is 0 Å². The number of carboxylic acid groups (broad SMARTS) is 2. The van der Waals surface area contributed by atoms with Crippen LogP contribution in [-0.2, 0) is 42.8 Å². The SMILES string of the molecule is CC1(C)[C@@H](O[C@@H]2O[C@H](C(=O)O)[C@@H](O)[C@H](O)[C@H]2O[C@@H]2O[C@H](C(=O)O)[C@@H](O)[C@H](O)[C@H]2O)CC[C@]2(C)[C@H]3CC=C4[C@@H]5C[C@](C)(C(=O)O[C@@H]6O[C@H](CO)[C@@H](O)[C@H](O)[C@H]6O)CC[C@]5(C)CC[C@@]4(C)[C@]3(C)CC[C@@H]12. The molecule has 0 radical (unpaired) electrons. The molecule has 0 bridgehead atoms. The molecule has 0 spiro atoms. The molecule has 20 nitrogen and oxygen atoms in total. The van der Waals surface area contributed by atoms with Gasteiger partial charge in [0.2, 0.25) is 6.29 Å². The molecule has 11 N–H and O–H groups in total. The van der Waals surface area contributed by atoms with Crippen molar-refractivity contribution in [3.8, 4) is 0 Å². The third-order valence-electron chi connectivity index (χ3n) is 19.5. The predicted octanol–water partition coefficient (Wildman–Crippen LogP) is 0.325. The van der Waals surface area contributed by atoms with E-state index in [-0.39, 0.29) is 39.4 Å². The van der Waals surface area contributed by atoms with Crippen molar-refractivity contribution in [2.75, 3.05) is 6.61 Å². The molecule has 0 unspecified atom stereocenters. The Hall–Kier alpha value is -2.41. The van der Waals surface area contributed by atoms with Gasteiger partial charge in [-0.3, -0.25) is 4.79 Å². The van der Waals surface area contributed by atoms with Gasteiger partial charge in [-0.25, -0.2) is 9.59 Å². The van der Waals surface area contributed by atoms with Crippen molar-refractivity contribution in [2.24, 2.45) is 50.2 Å². The van der Waals surface area contributed by atoms with Gasteiger partial charge in [0.05, 0.1) is 18.1 Å². The fourth-order valence-corrected chi connectivity index (χ4v) is 14.9. The van der Waals surface area contributed by atoms with Gasteiger partial charge in [-0.15, -0.1) is 0 Å². The summed E-state index contributed by atoms with van der Waals surface area (Å²) in [6.07, 6.45) is -18.0. The Labute approximate surface area is 395 Å². The van der Waals surface area contributed by atoms with E-state index in [0.717, 1.165) is 38.5 Å². The number of hydrogen-bond acceptors (Lipinski definition) is 18. The first kappa shape index (κ1) is 51.9. The molecule has 5 aliphatic carbocycles. The molecule has 4 saturated carbocycles. The summed E-state index contributed by atoms with van der Waals surface area (Å²) in [5.41, 5.74) is -0.890. The molecule has 8 rings (SSSR count). The van der Waals surface area contributed by atoms with Crippen molar-refractivity contribution in [2.45, 2.75) is 211 Å². The van der Waals surface area contributed by atoms with Crippen LogP contribution in [0.15, 0.2) is 11.6 Å². The lowest BCUT2D eigenvalue weighted by atomic mass is 9.33. The molecule has 8 aliphatic rings. The second-order valence-corrected chi connectivity index (χ2v) is 23.4. The zero-order chi connectivity index (χ0) is 50.0. The lowest BCUT2D eigenvalue weighted by Crippen LogP contribution is -2.67. The first-order chi connectivity index (χ1) is 31.6. The number of rotatable bonds is 9. The second-order valence-electron chi connectivity index (χ2n) is 23.4. The third-order valence-corrected chi connectivity index (χ3v) is 19.5. The minimum absolute atomic E-state index is 0.0452. The smallest absolute Gasteiger partial charge is 0.335 e. The molecule has 3 heterocycles. The topological polar surface area (TPSA) is 329 Å². The Kier molecular flexibility index (Phi) is 13.7. The number of ether oxygens (including phenoxy) is 6. The minimum atomic E-state index is -2.04. The molecule has 0 amide bonds. The molecule has 0 aromatic carbocycles. The molecule has 0 aromatic rings. The van der Waals surface area contributed by atoms with Crippen LogP contribution in [0.3, 0.4) is 0 Å². The summed E-state index contributed by atoms with van der Waals surface area (Å²) in [6.45, 7) is 14.9. The minimum Gasteiger partial charge on any atom is -0.479 e. The quantitative estimate of drug-likeness (QED) is 0.0842. The molecule has 386 valence electrons. The summed E-state index contributed by atoms with van der Waals surface area (Å²) >= 11 is 0. The van der Waals surface area contributed by atoms with Gasteiger partial charge < -0.3 is 84.6 Å². The van der Waals surface area contributed by atoms with E-state index < -0.39 is 134 Å². The van der Waals surface area contributed by atoms with Gasteiger partial charge in [0, 0.05) is 0 Å². The number of carbonyl (C=O) groups is 3. The summed E-state index contributed by atoms with van der Waals surface area (Å²) in [6, 6.07) is 0. The maximum absolute atomic E-state index is 14.1. The maximum Gasteiger partial charge on any atom is 0.335 e. The first-order valence-electron chi connectivity index (χ1n) is 24.3. The fourth-order valence-electron chi connectivity index (χ4n) is 14.9. The predicted molar refractivity (Wildman–Crippen MR) is 231 cm³/mol. The van der Waals surface area contributed by atoms with Gasteiger partial charge in [0.1, 0.15) is 61.0 Å². The normalized spacial score (nSPS) is 53.4. The number of aliphatic hydroxyl groups is 9. The number of fused-ring (bicyclic) bond motifs is 7. The molecule has 3 saturated heterocycles. The average Bonchev–Trinajstić information content (AvgIpc) is 3.27. The second kappa shape index (κ2) is 18.0. The van der Waals surface area contributed by atoms with Crippen molar-refractivity contribution < 1.29 is 99.0 Å². The zero-order valence-corrected chi connectivity index (χ0v) is 39.9. The van der Waals surface area contributed by atoms with Crippen LogP contribution in [0, 0.1) is 50.2 Å². The van der Waals surface area contributed by atoms with E-state index in [0.29, 0.717) is 25.7 Å². The molecule has 0 aromatic heterocycles. The van der Waals surface area contributed by atoms with Crippen molar-refractivity contribution in [1.29, 1.82) is 0 Å². The van der Waals surface area contributed by atoms with Gasteiger partial charge >= 0.3 is 17.9 Å². The number of carboxylic acids is 2. The van der Waals surface area contributed by atoms with E-state index in [1.54, 1.807) is 0 Å². The van der Waals surface area contributed by atoms with Crippen LogP contribution < -0.4 is 0 Å². The van der Waals surface area contributed by atoms with E-state index in [2.05, 4.69) is 47.6 Å². The lowest BCUT2D eigenvalue weighted by Gasteiger charge is -2.71. The van der Waals surface area contributed by atoms with Crippen LogP contribution >= 0.6 is 0 Å². The molecule has 20 heteroatoms. The van der Waals surface area contributed by atoms with Crippen molar-refractivity contribution in [1.82, 2.24) is 0 Å². The molecule has 68 heavy (non-hydrogen) atoms. The van der Waals surface area contributed by atoms with Crippen LogP contribution in [0.2, 0.25) is 0 Å². The molecule has 3 aliphatic heterocycles. The third kappa shape index (κ3) is 7.99. The Morgan fingerprint density at radius 1 is 0.632 bits per heavy atom. The molecule has 24 atom stereocenters. The van der Waals surface area contributed by atoms with E-state index in [4.69, 9.17) is 28.4 Å². The number of allylic oxidation sites excluding steroid dienone is 2. The highest BCUT2D eigenvalue weighted by Crippen LogP contribution is 2.76. The van der Waals surface area contributed by atoms with E-state index in [9.17, 15) is 70.6 Å². The highest BCUT2D eigenvalue weighted by molar-refractivity contribution is 5.77. The van der Waals surface area contributed by atoms with Gasteiger partial charge in [0.15, 0.2) is 24.8 Å². The van der Waals surface area contributed by atoms with Gasteiger partial charge in [-0.2, -0.15) is 0 Å². The molecule has 7 fully saturated rings. The summed E-state index contributed by atoms with van der Waals surface area (Å²) in [7, 11) is 0. The fraction of sp³-hybridized carbons (Fsp3) is 0.896. The van der Waals surface area contributed by atoms with Gasteiger partial charge in [-0.05, 0) is 116 Å². The monoisotopic (exact) mass is 970 g/mol. The number of hydrogen-bond donors (Lipinski definition) is 11. The summed E-state index contributed by atoms with van der Waals surface area (Å²) in [5, 5.41) is 114. The number of carbonyl (C=O) groups excluding carboxylic acids is 1. The maximum atomic E-state index is 14.1. The Morgan fingerprint density at radius 2 is 1.22 bits per heavy atom. The number of aliphatic hydroxyl groups excluding tert-OH is 9. The van der Waals surface area contributed by atoms with Gasteiger partial charge in [-0.1, -0.05) is 53.2 Å². The molecular formula is C48H74O20. The summed E-state index contributed by atoms with van der Waals surface area (Å²) in [5.74, 6) is -3.49. The lowest BCUT2D eigenvalue weighted by molar-refractivity contribution is -0.371. The zero-order valence-electron chi connectivity index (χ0n) is 39.9. The van der Waals surface area contributed by atoms with Gasteiger partial charge in [0.25, 0.3) is 0 Å². The highest BCUT2D eigenvalue weighted by atomic mass is 16.8. The number of aliphatic carboxylic acids is 2. The Balaban J connectivity index is 1.02. The number of esters is 1. The van der Waals surface area contributed by atoms with Crippen LogP contribution in [0.4, 0.5) is 0 Å². The van der Waals surface area contributed by atoms with Crippen molar-refractivity contribution in [3.63, 3.8) is 0 Å². The van der Waals surface area contributed by atoms with Crippen LogP contribution in [0.25, 0.3) is 0 Å². The largest absolute Gasteiger partial charge is 0.479 e. The summed E-state index contributed by atoms with van der Waals surface area (Å²) < 4.78 is 34.9. The molecular weight excluding hydrogens is 897 g/mol. The van der Waals surface area contributed by atoms with Crippen molar-refractivity contribution >= 4 is 17.9 Å². The first-order valence-corrected chi connectivity index (χ1v) is 24.3. The highest BCUT2D eigenvalue weighted by Gasteiger charge is 2.69. The Morgan fingerprint density at radius 3 is 1.85 bits per heavy atom. The van der Waals surface area contributed by atoms with Crippen molar-refractivity contribution in [3.05, 3.63) is 11.6 Å². The van der Waals surface area contributed by atoms with E-state index in [1.807, 2.05) is 6.92 Å². The standard InChI is InChI=1S/C48H74O20/c1-43(2)23-10-13-48(7)24(9-8-20-21-18-45(4,15-14-44(21,3)16-17-47(20,48)6)42(62)68-39-32(56)27(51)26(50)22(19-49)63-39)46(23,5)12-11-25(43)64-41-36(31(55)30(54)35(66-41)38(60)61)67-40-33(57)28(52)29(53)34(65-40)37(58)59/h8,21-36,39-41,49-57H,9-19H2,1-7H3,(H,58,59)(H,60,61)/t21-,22+,23-,24+,25-,26+,27-,28-,29-,30-,31-,32+,33+,34-,35-,36+,39-,40-,41+,44+,45+,46-,47+,48+/m0/s1. The average molecular weight is 971 g/mol. The summed E-state index contributed by atoms with van der Waals surface area (Å²) in [4.78, 5) is 38.3. The van der Waals surface area contributed by atoms with Crippen LogP contribution in [-0.4, -0.2) is 179 Å². The van der Waals surface area contributed by atoms with Crippen LogP contribution in [0.1, 0.15) is 113 Å². The van der Waals surface area contributed by atoms with Crippen LogP contribution in [0.5, 0.6) is 0 Å².